The predicted molar refractivity (Wildman–Crippen MR) is 67.6 cm³/mol. The minimum atomic E-state index is -0.340. The third-order valence-electron chi connectivity index (χ3n) is 2.70. The zero-order chi connectivity index (χ0) is 13.0. The standard InChI is InChI=1S/C11H19N5O/c1-5-16(4)11(17)8(3)15-10-7(2)9(12)13-6-14-10/h6,8H,5H2,1-4H3,(H3,12,13,14,15). The first-order valence-corrected chi connectivity index (χ1v) is 5.56. The Balaban J connectivity index is 2.78. The molecule has 0 aliphatic rings. The van der Waals surface area contributed by atoms with Crippen molar-refractivity contribution in [2.45, 2.75) is 26.8 Å². The highest BCUT2D eigenvalue weighted by molar-refractivity contribution is 5.84. The van der Waals surface area contributed by atoms with Gasteiger partial charge in [-0.2, -0.15) is 0 Å². The lowest BCUT2D eigenvalue weighted by atomic mass is 10.2. The maximum atomic E-state index is 11.9. The number of nitrogen functional groups attached to an aromatic ring is 1. The Morgan fingerprint density at radius 1 is 1.59 bits per heavy atom. The van der Waals surface area contributed by atoms with Crippen molar-refractivity contribution < 1.29 is 4.79 Å². The fourth-order valence-electron chi connectivity index (χ4n) is 1.36. The van der Waals surface area contributed by atoms with Gasteiger partial charge in [0.1, 0.15) is 24.0 Å². The van der Waals surface area contributed by atoms with Crippen LogP contribution in [0.3, 0.4) is 0 Å². The second-order valence-electron chi connectivity index (χ2n) is 3.95. The van der Waals surface area contributed by atoms with Crippen LogP contribution in [0.4, 0.5) is 11.6 Å². The largest absolute Gasteiger partial charge is 0.383 e. The molecule has 0 saturated carbocycles. The molecule has 94 valence electrons. The molecule has 1 rings (SSSR count). The molecule has 1 aromatic heterocycles. The molecule has 0 aliphatic carbocycles. The number of hydrogen-bond acceptors (Lipinski definition) is 5. The summed E-state index contributed by atoms with van der Waals surface area (Å²) in [5.74, 6) is 1.04. The van der Waals surface area contributed by atoms with Crippen LogP contribution >= 0.6 is 0 Å². The summed E-state index contributed by atoms with van der Waals surface area (Å²) in [6, 6.07) is -0.340. The van der Waals surface area contributed by atoms with E-state index < -0.39 is 0 Å². The quantitative estimate of drug-likeness (QED) is 0.803. The van der Waals surface area contributed by atoms with Gasteiger partial charge < -0.3 is 16.0 Å². The van der Waals surface area contributed by atoms with Crippen molar-refractivity contribution >= 4 is 17.5 Å². The first-order chi connectivity index (χ1) is 7.97. The Bertz CT molecular complexity index is 407. The zero-order valence-electron chi connectivity index (χ0n) is 10.7. The van der Waals surface area contributed by atoms with Gasteiger partial charge in [0.05, 0.1) is 0 Å². The van der Waals surface area contributed by atoms with E-state index in [1.165, 1.54) is 6.33 Å². The molecule has 0 aliphatic heterocycles. The number of carbonyl (C=O) groups is 1. The van der Waals surface area contributed by atoms with Gasteiger partial charge in [-0.1, -0.05) is 0 Å². The van der Waals surface area contributed by atoms with Crippen LogP contribution in [0.2, 0.25) is 0 Å². The van der Waals surface area contributed by atoms with E-state index in [2.05, 4.69) is 15.3 Å². The first kappa shape index (κ1) is 13.2. The van der Waals surface area contributed by atoms with Gasteiger partial charge in [0, 0.05) is 19.2 Å². The fourth-order valence-corrected chi connectivity index (χ4v) is 1.36. The lowest BCUT2D eigenvalue weighted by Gasteiger charge is -2.21. The molecule has 0 saturated heterocycles. The zero-order valence-corrected chi connectivity index (χ0v) is 10.7. The number of anilines is 2. The maximum Gasteiger partial charge on any atom is 0.244 e. The number of likely N-dealkylation sites (N-methyl/N-ethyl adjacent to an activating group) is 1. The molecule has 1 aromatic rings. The molecule has 17 heavy (non-hydrogen) atoms. The number of carbonyl (C=O) groups excluding carboxylic acids is 1. The van der Waals surface area contributed by atoms with Crippen molar-refractivity contribution in [2.24, 2.45) is 0 Å². The second kappa shape index (κ2) is 5.47. The van der Waals surface area contributed by atoms with Crippen LogP contribution < -0.4 is 11.1 Å². The lowest BCUT2D eigenvalue weighted by molar-refractivity contribution is -0.130. The Kier molecular flexibility index (Phi) is 4.25. The summed E-state index contributed by atoms with van der Waals surface area (Å²) in [4.78, 5) is 21.5. The summed E-state index contributed by atoms with van der Waals surface area (Å²) < 4.78 is 0. The first-order valence-electron chi connectivity index (χ1n) is 5.56. The van der Waals surface area contributed by atoms with Gasteiger partial charge in [-0.05, 0) is 20.8 Å². The minimum absolute atomic E-state index is 0.0177. The number of nitrogens with zero attached hydrogens (tertiary/aromatic N) is 3. The number of nitrogens with two attached hydrogens (primary N) is 1. The summed E-state index contributed by atoms with van der Waals surface area (Å²) >= 11 is 0. The number of hydrogen-bond donors (Lipinski definition) is 2. The average molecular weight is 237 g/mol. The number of aromatic nitrogens is 2. The van der Waals surface area contributed by atoms with E-state index >= 15 is 0 Å². The molecule has 6 heteroatoms. The van der Waals surface area contributed by atoms with Crippen molar-refractivity contribution in [3.63, 3.8) is 0 Å². The third kappa shape index (κ3) is 3.05. The third-order valence-corrected chi connectivity index (χ3v) is 2.70. The Labute approximate surface area is 101 Å². The van der Waals surface area contributed by atoms with Gasteiger partial charge in [0.25, 0.3) is 0 Å². The van der Waals surface area contributed by atoms with Crippen LogP contribution in [0.1, 0.15) is 19.4 Å². The molecule has 1 unspecified atom stereocenters. The molecule has 1 heterocycles. The molecule has 3 N–H and O–H groups in total. The normalized spacial score (nSPS) is 12.0. The summed E-state index contributed by atoms with van der Waals surface area (Å²) in [5.41, 5.74) is 6.43. The molecule has 6 nitrogen and oxygen atoms in total. The van der Waals surface area contributed by atoms with E-state index in [0.717, 1.165) is 5.56 Å². The van der Waals surface area contributed by atoms with Crippen LogP contribution in [0.5, 0.6) is 0 Å². The van der Waals surface area contributed by atoms with Gasteiger partial charge in [0.15, 0.2) is 0 Å². The second-order valence-corrected chi connectivity index (χ2v) is 3.95. The number of rotatable bonds is 4. The van der Waals surface area contributed by atoms with Crippen LogP contribution in [0.25, 0.3) is 0 Å². The summed E-state index contributed by atoms with van der Waals surface area (Å²) in [6.07, 6.45) is 1.38. The minimum Gasteiger partial charge on any atom is -0.383 e. The van der Waals surface area contributed by atoms with Gasteiger partial charge in [-0.3, -0.25) is 4.79 Å². The van der Waals surface area contributed by atoms with Crippen LogP contribution in [0.15, 0.2) is 6.33 Å². The van der Waals surface area contributed by atoms with E-state index in [9.17, 15) is 4.79 Å². The molecular weight excluding hydrogens is 218 g/mol. The number of nitrogens with one attached hydrogen (secondary N) is 1. The van der Waals surface area contributed by atoms with E-state index in [-0.39, 0.29) is 11.9 Å². The van der Waals surface area contributed by atoms with Gasteiger partial charge in [0.2, 0.25) is 5.91 Å². The summed E-state index contributed by atoms with van der Waals surface area (Å²) in [6.45, 7) is 6.22. The smallest absolute Gasteiger partial charge is 0.244 e. The van der Waals surface area contributed by atoms with Gasteiger partial charge >= 0.3 is 0 Å². The topological polar surface area (TPSA) is 84.1 Å². The molecule has 1 atom stereocenters. The maximum absolute atomic E-state index is 11.9. The lowest BCUT2D eigenvalue weighted by Crippen LogP contribution is -2.39. The summed E-state index contributed by atoms with van der Waals surface area (Å²) in [5, 5.41) is 3.04. The van der Waals surface area contributed by atoms with E-state index in [1.54, 1.807) is 18.9 Å². The van der Waals surface area contributed by atoms with Crippen molar-refractivity contribution in [1.82, 2.24) is 14.9 Å². The van der Waals surface area contributed by atoms with Crippen LogP contribution in [-0.4, -0.2) is 40.4 Å². The molecule has 0 bridgehead atoms. The summed E-state index contributed by atoms with van der Waals surface area (Å²) in [7, 11) is 1.77. The highest BCUT2D eigenvalue weighted by atomic mass is 16.2. The van der Waals surface area contributed by atoms with Crippen molar-refractivity contribution in [3.05, 3.63) is 11.9 Å². The fraction of sp³-hybridized carbons (Fsp3) is 0.545. The number of amides is 1. The Morgan fingerprint density at radius 2 is 2.24 bits per heavy atom. The molecule has 0 aromatic carbocycles. The van der Waals surface area contributed by atoms with Gasteiger partial charge in [-0.15, -0.1) is 0 Å². The van der Waals surface area contributed by atoms with E-state index in [4.69, 9.17) is 5.73 Å². The Morgan fingerprint density at radius 3 is 2.82 bits per heavy atom. The van der Waals surface area contributed by atoms with Crippen molar-refractivity contribution in [3.8, 4) is 0 Å². The monoisotopic (exact) mass is 237 g/mol. The van der Waals surface area contributed by atoms with Crippen molar-refractivity contribution in [2.75, 3.05) is 24.6 Å². The predicted octanol–water partition coefficient (Wildman–Crippen LogP) is 0.646. The highest BCUT2D eigenvalue weighted by Gasteiger charge is 2.17. The highest BCUT2D eigenvalue weighted by Crippen LogP contribution is 2.16. The SMILES string of the molecule is CCN(C)C(=O)C(C)Nc1ncnc(N)c1C. The molecule has 0 fully saturated rings. The molecule has 0 radical (unpaired) electrons. The van der Waals surface area contributed by atoms with E-state index in [1.807, 2.05) is 13.8 Å². The van der Waals surface area contributed by atoms with Crippen LogP contribution in [-0.2, 0) is 4.79 Å². The van der Waals surface area contributed by atoms with Gasteiger partial charge in [-0.25, -0.2) is 9.97 Å². The van der Waals surface area contributed by atoms with Crippen LogP contribution in [0, 0.1) is 6.92 Å². The molecule has 1 amide bonds. The molecule has 0 spiro atoms. The average Bonchev–Trinajstić information content (AvgIpc) is 2.32. The van der Waals surface area contributed by atoms with Crippen molar-refractivity contribution in [1.29, 1.82) is 0 Å². The van der Waals surface area contributed by atoms with E-state index in [0.29, 0.717) is 18.2 Å². The Hall–Kier alpha value is -1.85. The molecular formula is C11H19N5O.